The Kier molecular flexibility index (Phi) is 6.13. The molecule has 1 aliphatic heterocycles. The average Bonchev–Trinajstić information content (AvgIpc) is 3.16. The number of rotatable bonds is 6. The summed E-state index contributed by atoms with van der Waals surface area (Å²) < 4.78 is 10.9. The molecule has 0 saturated carbocycles. The van der Waals surface area contributed by atoms with Crippen LogP contribution in [0.25, 0.3) is 0 Å². The summed E-state index contributed by atoms with van der Waals surface area (Å²) in [5.41, 5.74) is 1.65. The number of nitrogens with zero attached hydrogens (tertiary/aromatic N) is 2. The molecule has 2 heterocycles. The molecule has 1 unspecified atom stereocenters. The van der Waals surface area contributed by atoms with Crippen LogP contribution in [0.2, 0.25) is 5.02 Å². The number of anilines is 2. The predicted octanol–water partition coefficient (Wildman–Crippen LogP) is 3.60. The van der Waals surface area contributed by atoms with E-state index in [-0.39, 0.29) is 17.7 Å². The Hall–Kier alpha value is -2.38. The first-order valence-electron chi connectivity index (χ1n) is 8.83. The quantitative estimate of drug-likeness (QED) is 0.783. The number of carbonyl (C=O) groups excluding carboxylic acids is 1. The molecule has 0 spiro atoms. The third-order valence-electron chi connectivity index (χ3n) is 4.33. The van der Waals surface area contributed by atoms with Gasteiger partial charge in [-0.1, -0.05) is 11.6 Å². The van der Waals surface area contributed by atoms with E-state index < -0.39 is 0 Å². The smallest absolute Gasteiger partial charge is 0.274 e. The fraction of sp³-hybridized carbons (Fsp3) is 0.421. The number of halogens is 1. The number of aromatic nitrogens is 2. The van der Waals surface area contributed by atoms with Crippen LogP contribution in [0.1, 0.15) is 34.7 Å². The lowest BCUT2D eigenvalue weighted by Crippen LogP contribution is -2.20. The van der Waals surface area contributed by atoms with Crippen molar-refractivity contribution in [3.63, 3.8) is 0 Å². The molecule has 8 heteroatoms. The Morgan fingerprint density at radius 2 is 2.15 bits per heavy atom. The minimum absolute atomic E-state index is 0.179. The fourth-order valence-corrected chi connectivity index (χ4v) is 3.07. The fourth-order valence-electron chi connectivity index (χ4n) is 2.91. The Morgan fingerprint density at radius 1 is 1.33 bits per heavy atom. The van der Waals surface area contributed by atoms with Crippen LogP contribution in [-0.4, -0.2) is 42.2 Å². The minimum atomic E-state index is -0.347. The SMILES string of the molecule is COc1cc(Cl)c(C)cc1NC(=O)c1cc(NCC2CCCO2)nc(C)n1. The summed E-state index contributed by atoms with van der Waals surface area (Å²) in [6, 6.07) is 5.07. The van der Waals surface area contributed by atoms with Crippen molar-refractivity contribution in [1.29, 1.82) is 0 Å². The van der Waals surface area contributed by atoms with Crippen molar-refractivity contribution >= 4 is 29.0 Å². The first-order chi connectivity index (χ1) is 13.0. The van der Waals surface area contributed by atoms with E-state index in [1.807, 2.05) is 6.92 Å². The van der Waals surface area contributed by atoms with Crippen LogP contribution in [0, 0.1) is 13.8 Å². The lowest BCUT2D eigenvalue weighted by atomic mass is 10.2. The number of carbonyl (C=O) groups is 1. The van der Waals surface area contributed by atoms with Gasteiger partial charge in [0.1, 0.15) is 23.1 Å². The van der Waals surface area contributed by atoms with Crippen LogP contribution in [0.5, 0.6) is 5.75 Å². The molecule has 3 rings (SSSR count). The number of benzene rings is 1. The molecule has 2 N–H and O–H groups in total. The minimum Gasteiger partial charge on any atom is -0.495 e. The van der Waals surface area contributed by atoms with Crippen molar-refractivity contribution in [2.24, 2.45) is 0 Å². The molecule has 1 amide bonds. The summed E-state index contributed by atoms with van der Waals surface area (Å²) in [6.45, 7) is 5.06. The van der Waals surface area contributed by atoms with Crippen LogP contribution in [0.3, 0.4) is 0 Å². The summed E-state index contributed by atoms with van der Waals surface area (Å²) in [5.74, 6) is 1.25. The summed E-state index contributed by atoms with van der Waals surface area (Å²) in [5, 5.41) is 6.63. The molecule has 1 aromatic carbocycles. The van der Waals surface area contributed by atoms with Gasteiger partial charge in [-0.25, -0.2) is 9.97 Å². The van der Waals surface area contributed by atoms with Gasteiger partial charge in [0, 0.05) is 30.3 Å². The topological polar surface area (TPSA) is 85.4 Å². The molecule has 1 saturated heterocycles. The molecule has 0 aliphatic carbocycles. The molecule has 1 atom stereocenters. The van der Waals surface area contributed by atoms with Crippen molar-refractivity contribution in [3.05, 3.63) is 40.3 Å². The zero-order chi connectivity index (χ0) is 19.4. The number of methoxy groups -OCH3 is 1. The van der Waals surface area contributed by atoms with Gasteiger partial charge in [0.05, 0.1) is 18.9 Å². The molecule has 1 aromatic heterocycles. The van der Waals surface area contributed by atoms with Gasteiger partial charge in [-0.05, 0) is 38.3 Å². The number of aryl methyl sites for hydroxylation is 2. The maximum absolute atomic E-state index is 12.7. The van der Waals surface area contributed by atoms with E-state index in [2.05, 4.69) is 20.6 Å². The van der Waals surface area contributed by atoms with Crippen molar-refractivity contribution in [2.45, 2.75) is 32.8 Å². The molecule has 1 aliphatic rings. The van der Waals surface area contributed by atoms with Gasteiger partial charge in [0.25, 0.3) is 5.91 Å². The van der Waals surface area contributed by atoms with Crippen LogP contribution in [0.15, 0.2) is 18.2 Å². The van der Waals surface area contributed by atoms with Crippen molar-refractivity contribution < 1.29 is 14.3 Å². The van der Waals surface area contributed by atoms with Gasteiger partial charge in [0.2, 0.25) is 0 Å². The maximum Gasteiger partial charge on any atom is 0.274 e. The largest absolute Gasteiger partial charge is 0.495 e. The highest BCUT2D eigenvalue weighted by atomic mass is 35.5. The highest BCUT2D eigenvalue weighted by molar-refractivity contribution is 6.31. The van der Waals surface area contributed by atoms with E-state index in [0.717, 1.165) is 25.0 Å². The van der Waals surface area contributed by atoms with E-state index in [0.29, 0.717) is 34.6 Å². The Balaban J connectivity index is 1.75. The van der Waals surface area contributed by atoms with Gasteiger partial charge in [0.15, 0.2) is 0 Å². The molecular formula is C19H23ClN4O3. The van der Waals surface area contributed by atoms with Gasteiger partial charge in [-0.15, -0.1) is 0 Å². The van der Waals surface area contributed by atoms with Crippen LogP contribution >= 0.6 is 11.6 Å². The lowest BCUT2D eigenvalue weighted by Gasteiger charge is -2.14. The molecule has 1 fully saturated rings. The second-order valence-electron chi connectivity index (χ2n) is 6.46. The monoisotopic (exact) mass is 390 g/mol. The van der Waals surface area contributed by atoms with E-state index in [4.69, 9.17) is 21.1 Å². The van der Waals surface area contributed by atoms with Gasteiger partial charge in [-0.3, -0.25) is 4.79 Å². The second-order valence-corrected chi connectivity index (χ2v) is 6.86. The Morgan fingerprint density at radius 3 is 2.85 bits per heavy atom. The van der Waals surface area contributed by atoms with Gasteiger partial charge in [-0.2, -0.15) is 0 Å². The van der Waals surface area contributed by atoms with E-state index in [1.54, 1.807) is 25.1 Å². The van der Waals surface area contributed by atoms with E-state index in [9.17, 15) is 4.79 Å². The van der Waals surface area contributed by atoms with Crippen LogP contribution in [-0.2, 0) is 4.74 Å². The van der Waals surface area contributed by atoms with Crippen LogP contribution < -0.4 is 15.4 Å². The molecule has 7 nitrogen and oxygen atoms in total. The van der Waals surface area contributed by atoms with Crippen molar-refractivity contribution in [3.8, 4) is 5.75 Å². The second kappa shape index (κ2) is 8.54. The van der Waals surface area contributed by atoms with E-state index in [1.165, 1.54) is 7.11 Å². The zero-order valence-corrected chi connectivity index (χ0v) is 16.4. The summed E-state index contributed by atoms with van der Waals surface area (Å²) in [7, 11) is 1.53. The molecule has 27 heavy (non-hydrogen) atoms. The van der Waals surface area contributed by atoms with Gasteiger partial charge < -0.3 is 20.1 Å². The number of hydrogen-bond acceptors (Lipinski definition) is 6. The molecule has 2 aromatic rings. The van der Waals surface area contributed by atoms with Crippen molar-refractivity contribution in [1.82, 2.24) is 9.97 Å². The number of nitrogens with one attached hydrogen (secondary N) is 2. The van der Waals surface area contributed by atoms with E-state index >= 15 is 0 Å². The molecule has 0 bridgehead atoms. The first kappa shape index (κ1) is 19.4. The Labute approximate surface area is 163 Å². The molecule has 144 valence electrons. The average molecular weight is 391 g/mol. The highest BCUT2D eigenvalue weighted by Crippen LogP contribution is 2.31. The highest BCUT2D eigenvalue weighted by Gasteiger charge is 2.17. The van der Waals surface area contributed by atoms with Gasteiger partial charge >= 0.3 is 0 Å². The number of hydrogen-bond donors (Lipinski definition) is 2. The normalized spacial score (nSPS) is 16.2. The standard InChI is InChI=1S/C19H23ClN4O3/c1-11-7-15(17(26-3)8-14(11)20)24-19(25)16-9-18(23-12(2)22-16)21-10-13-5-4-6-27-13/h7-9,13H,4-6,10H2,1-3H3,(H,24,25)(H,21,22,23). The Bertz CT molecular complexity index is 838. The third kappa shape index (κ3) is 4.87. The first-order valence-corrected chi connectivity index (χ1v) is 9.20. The predicted molar refractivity (Wildman–Crippen MR) is 105 cm³/mol. The van der Waals surface area contributed by atoms with Crippen LogP contribution in [0.4, 0.5) is 11.5 Å². The third-order valence-corrected chi connectivity index (χ3v) is 4.74. The number of amides is 1. The molecule has 0 radical (unpaired) electrons. The summed E-state index contributed by atoms with van der Waals surface area (Å²) >= 11 is 6.12. The number of ether oxygens (including phenoxy) is 2. The lowest BCUT2D eigenvalue weighted by molar-refractivity contribution is 0.102. The summed E-state index contributed by atoms with van der Waals surface area (Å²) in [6.07, 6.45) is 2.28. The van der Waals surface area contributed by atoms with Crippen molar-refractivity contribution in [2.75, 3.05) is 30.9 Å². The summed E-state index contributed by atoms with van der Waals surface area (Å²) in [4.78, 5) is 21.3. The maximum atomic E-state index is 12.7. The molecular weight excluding hydrogens is 368 g/mol. The zero-order valence-electron chi connectivity index (χ0n) is 15.6.